The van der Waals surface area contributed by atoms with Gasteiger partial charge in [0.25, 0.3) is 0 Å². The zero-order valence-corrected chi connectivity index (χ0v) is 12.6. The van der Waals surface area contributed by atoms with Crippen molar-refractivity contribution in [1.82, 2.24) is 10.6 Å². The van der Waals surface area contributed by atoms with Gasteiger partial charge in [-0.3, -0.25) is 4.99 Å². The Kier molecular flexibility index (Phi) is 5.64. The number of nitrogens with one attached hydrogen (secondary N) is 2. The van der Waals surface area contributed by atoms with Crippen LogP contribution < -0.4 is 10.6 Å². The fourth-order valence-electron chi connectivity index (χ4n) is 2.00. The predicted octanol–water partition coefficient (Wildman–Crippen LogP) is 2.70. The molecule has 4 nitrogen and oxygen atoms in total. The van der Waals surface area contributed by atoms with Crippen LogP contribution in [0.4, 0.5) is 8.78 Å². The summed E-state index contributed by atoms with van der Waals surface area (Å²) in [4.78, 5) is 4.00. The van der Waals surface area contributed by atoms with E-state index in [0.29, 0.717) is 22.6 Å². The summed E-state index contributed by atoms with van der Waals surface area (Å²) in [6.45, 7) is 0.422. The SMILES string of the molecule is CN=C(NCc1ccccc1F)NCc1cc(C#N)ccc1F. The second-order valence-corrected chi connectivity index (χ2v) is 4.79. The second kappa shape index (κ2) is 7.90. The molecule has 0 atom stereocenters. The summed E-state index contributed by atoms with van der Waals surface area (Å²) in [7, 11) is 1.57. The van der Waals surface area contributed by atoms with Gasteiger partial charge in [0.15, 0.2) is 5.96 Å². The Hall–Kier alpha value is -2.94. The van der Waals surface area contributed by atoms with Gasteiger partial charge in [-0.2, -0.15) is 5.26 Å². The van der Waals surface area contributed by atoms with Gasteiger partial charge in [-0.25, -0.2) is 8.78 Å². The van der Waals surface area contributed by atoms with Gasteiger partial charge in [0.05, 0.1) is 11.6 Å². The maximum absolute atomic E-state index is 13.7. The molecule has 0 aliphatic rings. The summed E-state index contributed by atoms with van der Waals surface area (Å²) >= 11 is 0. The van der Waals surface area contributed by atoms with Gasteiger partial charge in [0.2, 0.25) is 0 Å². The van der Waals surface area contributed by atoms with E-state index in [0.717, 1.165) is 0 Å². The number of guanidine groups is 1. The lowest BCUT2D eigenvalue weighted by Crippen LogP contribution is -2.36. The second-order valence-electron chi connectivity index (χ2n) is 4.79. The monoisotopic (exact) mass is 314 g/mol. The van der Waals surface area contributed by atoms with Gasteiger partial charge < -0.3 is 10.6 Å². The first-order valence-corrected chi connectivity index (χ1v) is 7.00. The van der Waals surface area contributed by atoms with Crippen LogP contribution >= 0.6 is 0 Å². The minimum atomic E-state index is -0.402. The third kappa shape index (κ3) is 4.51. The van der Waals surface area contributed by atoms with Crippen LogP contribution in [0.5, 0.6) is 0 Å². The number of aliphatic imine (C=N–C) groups is 1. The van der Waals surface area contributed by atoms with Crippen molar-refractivity contribution in [2.75, 3.05) is 7.05 Å². The summed E-state index contributed by atoms with van der Waals surface area (Å²) in [6, 6.07) is 12.5. The maximum Gasteiger partial charge on any atom is 0.191 e. The molecule has 2 aromatic carbocycles. The molecule has 0 aromatic heterocycles. The number of benzene rings is 2. The normalized spacial score (nSPS) is 11.0. The summed E-state index contributed by atoms with van der Waals surface area (Å²) in [6.07, 6.45) is 0. The minimum absolute atomic E-state index is 0.165. The molecule has 0 aliphatic heterocycles. The van der Waals surface area contributed by atoms with Crippen LogP contribution in [0, 0.1) is 23.0 Å². The molecule has 0 spiro atoms. The van der Waals surface area contributed by atoms with Gasteiger partial charge in [-0.15, -0.1) is 0 Å². The lowest BCUT2D eigenvalue weighted by molar-refractivity contribution is 0.600. The van der Waals surface area contributed by atoms with E-state index in [1.54, 1.807) is 25.2 Å². The van der Waals surface area contributed by atoms with Crippen LogP contribution in [-0.4, -0.2) is 13.0 Å². The van der Waals surface area contributed by atoms with Crippen LogP contribution in [0.15, 0.2) is 47.5 Å². The van der Waals surface area contributed by atoms with Crippen LogP contribution in [0.2, 0.25) is 0 Å². The quantitative estimate of drug-likeness (QED) is 0.674. The Morgan fingerprint density at radius 1 is 1.04 bits per heavy atom. The van der Waals surface area contributed by atoms with Crippen LogP contribution in [0.3, 0.4) is 0 Å². The summed E-state index contributed by atoms with van der Waals surface area (Å²) in [5, 5.41) is 14.7. The average Bonchev–Trinajstić information content (AvgIpc) is 2.57. The van der Waals surface area contributed by atoms with Crippen LogP contribution in [0.1, 0.15) is 16.7 Å². The van der Waals surface area contributed by atoms with Crippen molar-refractivity contribution in [3.8, 4) is 6.07 Å². The predicted molar refractivity (Wildman–Crippen MR) is 84.6 cm³/mol. The first-order valence-electron chi connectivity index (χ1n) is 7.00. The Balaban J connectivity index is 1.96. The van der Waals surface area contributed by atoms with E-state index >= 15 is 0 Å². The molecule has 2 rings (SSSR count). The van der Waals surface area contributed by atoms with Crippen LogP contribution in [-0.2, 0) is 13.1 Å². The van der Waals surface area contributed by atoms with E-state index in [9.17, 15) is 8.78 Å². The highest BCUT2D eigenvalue weighted by molar-refractivity contribution is 5.79. The van der Waals surface area contributed by atoms with E-state index in [4.69, 9.17) is 5.26 Å². The Morgan fingerprint density at radius 3 is 2.35 bits per heavy atom. The molecule has 6 heteroatoms. The fraction of sp³-hybridized carbons (Fsp3) is 0.176. The van der Waals surface area contributed by atoms with Gasteiger partial charge in [0.1, 0.15) is 11.6 Å². The third-order valence-corrected chi connectivity index (χ3v) is 3.25. The molecule has 118 valence electrons. The van der Waals surface area contributed by atoms with Crippen molar-refractivity contribution in [2.24, 2.45) is 4.99 Å². The molecular weight excluding hydrogens is 298 g/mol. The zero-order valence-electron chi connectivity index (χ0n) is 12.6. The third-order valence-electron chi connectivity index (χ3n) is 3.25. The molecule has 23 heavy (non-hydrogen) atoms. The molecule has 0 radical (unpaired) electrons. The summed E-state index contributed by atoms with van der Waals surface area (Å²) < 4.78 is 27.3. The highest BCUT2D eigenvalue weighted by atomic mass is 19.1. The van der Waals surface area contributed by atoms with Gasteiger partial charge in [-0.1, -0.05) is 18.2 Å². The highest BCUT2D eigenvalue weighted by Gasteiger charge is 2.06. The van der Waals surface area contributed by atoms with Crippen molar-refractivity contribution in [3.63, 3.8) is 0 Å². The summed E-state index contributed by atoms with van der Waals surface area (Å²) in [5.74, 6) is -0.292. The Labute approximate surface area is 133 Å². The molecule has 2 aromatic rings. The van der Waals surface area contributed by atoms with E-state index < -0.39 is 5.82 Å². The first kappa shape index (κ1) is 16.4. The van der Waals surface area contributed by atoms with Gasteiger partial charge >= 0.3 is 0 Å². The first-order chi connectivity index (χ1) is 11.1. The topological polar surface area (TPSA) is 60.2 Å². The Morgan fingerprint density at radius 2 is 1.70 bits per heavy atom. The molecule has 0 aliphatic carbocycles. The summed E-state index contributed by atoms with van der Waals surface area (Å²) in [5.41, 5.74) is 1.25. The smallest absolute Gasteiger partial charge is 0.191 e. The number of nitrogens with zero attached hydrogens (tertiary/aromatic N) is 2. The van der Waals surface area contributed by atoms with Crippen LogP contribution in [0.25, 0.3) is 0 Å². The van der Waals surface area contributed by atoms with Crippen molar-refractivity contribution in [3.05, 3.63) is 70.8 Å². The highest BCUT2D eigenvalue weighted by Crippen LogP contribution is 2.10. The fourth-order valence-corrected chi connectivity index (χ4v) is 2.00. The zero-order chi connectivity index (χ0) is 16.7. The van der Waals surface area contributed by atoms with E-state index in [1.807, 2.05) is 6.07 Å². The molecule has 2 N–H and O–H groups in total. The van der Waals surface area contributed by atoms with Gasteiger partial charge in [-0.05, 0) is 24.3 Å². The number of halogens is 2. The molecule has 0 heterocycles. The standard InChI is InChI=1S/C17H16F2N4/c1-21-17(22-10-13-4-2-3-5-15(13)18)23-11-14-8-12(9-20)6-7-16(14)19/h2-8H,10-11H2,1H3,(H2,21,22,23). The van der Waals surface area contributed by atoms with Crippen molar-refractivity contribution < 1.29 is 8.78 Å². The van der Waals surface area contributed by atoms with E-state index in [-0.39, 0.29) is 18.9 Å². The van der Waals surface area contributed by atoms with E-state index in [2.05, 4.69) is 15.6 Å². The lowest BCUT2D eigenvalue weighted by atomic mass is 10.1. The molecule has 0 bridgehead atoms. The molecule has 0 amide bonds. The molecule has 0 unspecified atom stereocenters. The number of hydrogen-bond donors (Lipinski definition) is 2. The van der Waals surface area contributed by atoms with Crippen molar-refractivity contribution in [2.45, 2.75) is 13.1 Å². The molecular formula is C17H16F2N4. The lowest BCUT2D eigenvalue weighted by Gasteiger charge is -2.13. The van der Waals surface area contributed by atoms with Gasteiger partial charge in [0, 0.05) is 31.3 Å². The number of nitriles is 1. The number of rotatable bonds is 4. The molecule has 0 saturated heterocycles. The number of hydrogen-bond acceptors (Lipinski definition) is 2. The van der Waals surface area contributed by atoms with E-state index in [1.165, 1.54) is 24.3 Å². The molecule has 0 fully saturated rings. The average molecular weight is 314 g/mol. The van der Waals surface area contributed by atoms with Crippen molar-refractivity contribution >= 4 is 5.96 Å². The molecule has 0 saturated carbocycles. The maximum atomic E-state index is 13.7. The Bertz CT molecular complexity index is 750. The van der Waals surface area contributed by atoms with Crippen molar-refractivity contribution in [1.29, 1.82) is 5.26 Å². The minimum Gasteiger partial charge on any atom is -0.352 e. The largest absolute Gasteiger partial charge is 0.352 e.